The number of anilines is 3. The number of para-hydroxylation sites is 1. The van der Waals surface area contributed by atoms with E-state index in [4.69, 9.17) is 11.6 Å². The predicted molar refractivity (Wildman–Crippen MR) is 101 cm³/mol. The summed E-state index contributed by atoms with van der Waals surface area (Å²) in [4.78, 5) is 20.7. The van der Waals surface area contributed by atoms with E-state index in [0.717, 1.165) is 16.8 Å². The molecule has 0 atom stereocenters. The molecule has 2 aromatic carbocycles. The van der Waals surface area contributed by atoms with Gasteiger partial charge in [0, 0.05) is 28.8 Å². The van der Waals surface area contributed by atoms with E-state index < -0.39 is 0 Å². The minimum Gasteiger partial charge on any atom is -0.324 e. The molecule has 0 radical (unpaired) electrons. The number of amides is 1. The highest BCUT2D eigenvalue weighted by Crippen LogP contribution is 2.22. The van der Waals surface area contributed by atoms with Crippen molar-refractivity contribution in [2.45, 2.75) is 13.8 Å². The van der Waals surface area contributed by atoms with Crippen LogP contribution in [0, 0.1) is 13.8 Å². The normalized spacial score (nSPS) is 10.4. The van der Waals surface area contributed by atoms with E-state index in [1.807, 2.05) is 32.0 Å². The van der Waals surface area contributed by atoms with Gasteiger partial charge in [0.25, 0.3) is 5.91 Å². The molecule has 0 aliphatic heterocycles. The summed E-state index contributed by atoms with van der Waals surface area (Å²) in [6.07, 6.45) is 2.98. The Kier molecular flexibility index (Phi) is 4.95. The molecule has 0 spiro atoms. The molecule has 0 aliphatic carbocycles. The first-order valence-electron chi connectivity index (χ1n) is 7.75. The summed E-state index contributed by atoms with van der Waals surface area (Å²) >= 11 is 5.91. The molecular formula is C19H17ClN4O. The van der Waals surface area contributed by atoms with Crippen LogP contribution in [0.4, 0.5) is 17.3 Å². The van der Waals surface area contributed by atoms with Gasteiger partial charge in [-0.05, 0) is 43.2 Å². The van der Waals surface area contributed by atoms with Gasteiger partial charge in [-0.25, -0.2) is 9.97 Å². The van der Waals surface area contributed by atoms with Gasteiger partial charge in [-0.15, -0.1) is 0 Å². The van der Waals surface area contributed by atoms with E-state index in [1.54, 1.807) is 24.3 Å². The number of hydrogen-bond donors (Lipinski definition) is 2. The number of aryl methyl sites for hydroxylation is 2. The van der Waals surface area contributed by atoms with E-state index >= 15 is 0 Å². The minimum absolute atomic E-state index is 0.291. The second-order valence-corrected chi connectivity index (χ2v) is 6.09. The average molecular weight is 353 g/mol. The fraction of sp³-hybridized carbons (Fsp3) is 0.105. The second-order valence-electron chi connectivity index (χ2n) is 5.65. The molecule has 126 valence electrons. The van der Waals surface area contributed by atoms with Crippen LogP contribution in [0.25, 0.3) is 0 Å². The summed E-state index contributed by atoms with van der Waals surface area (Å²) in [6.45, 7) is 4.03. The topological polar surface area (TPSA) is 66.9 Å². The Hall–Kier alpha value is -2.92. The van der Waals surface area contributed by atoms with Gasteiger partial charge >= 0.3 is 0 Å². The molecule has 0 saturated carbocycles. The lowest BCUT2D eigenvalue weighted by atomic mass is 10.1. The van der Waals surface area contributed by atoms with Gasteiger partial charge in [0.05, 0.1) is 5.56 Å². The predicted octanol–water partition coefficient (Wildman–Crippen LogP) is 4.74. The fourth-order valence-electron chi connectivity index (χ4n) is 2.40. The summed E-state index contributed by atoms with van der Waals surface area (Å²) < 4.78 is 0. The SMILES string of the molecule is Cc1cccc(C)c1Nc1ncc(C(=O)Nc2cccc(Cl)c2)cn1. The number of carbonyl (C=O) groups excluding carboxylic acids is 1. The van der Waals surface area contributed by atoms with E-state index in [1.165, 1.54) is 12.4 Å². The zero-order valence-electron chi connectivity index (χ0n) is 13.9. The summed E-state index contributed by atoms with van der Waals surface area (Å²) in [5, 5.41) is 6.51. The number of carbonyl (C=O) groups is 1. The number of aromatic nitrogens is 2. The van der Waals surface area contributed by atoms with Gasteiger partial charge in [0.2, 0.25) is 5.95 Å². The van der Waals surface area contributed by atoms with Crippen molar-refractivity contribution in [3.63, 3.8) is 0 Å². The third-order valence-corrected chi connectivity index (χ3v) is 3.95. The van der Waals surface area contributed by atoms with Crippen LogP contribution < -0.4 is 10.6 Å². The van der Waals surface area contributed by atoms with Crippen LogP contribution in [0.15, 0.2) is 54.9 Å². The standard InChI is InChI=1S/C19H17ClN4O/c1-12-5-3-6-13(2)17(12)24-19-21-10-14(11-22-19)18(25)23-16-8-4-7-15(20)9-16/h3-11H,1-2H3,(H,23,25)(H,21,22,24). The Morgan fingerprint density at radius 3 is 2.28 bits per heavy atom. The highest BCUT2D eigenvalue weighted by Gasteiger charge is 2.09. The Labute approximate surface area is 151 Å². The van der Waals surface area contributed by atoms with Crippen molar-refractivity contribution in [1.29, 1.82) is 0 Å². The van der Waals surface area contributed by atoms with Gasteiger partial charge in [0.1, 0.15) is 0 Å². The molecule has 0 saturated heterocycles. The third kappa shape index (κ3) is 4.14. The highest BCUT2D eigenvalue weighted by molar-refractivity contribution is 6.30. The zero-order chi connectivity index (χ0) is 17.8. The third-order valence-electron chi connectivity index (χ3n) is 3.71. The molecule has 5 nitrogen and oxygen atoms in total. The maximum Gasteiger partial charge on any atom is 0.258 e. The highest BCUT2D eigenvalue weighted by atomic mass is 35.5. The minimum atomic E-state index is -0.291. The monoisotopic (exact) mass is 352 g/mol. The maximum absolute atomic E-state index is 12.2. The van der Waals surface area contributed by atoms with Crippen molar-refractivity contribution < 1.29 is 4.79 Å². The van der Waals surface area contributed by atoms with Gasteiger partial charge in [-0.2, -0.15) is 0 Å². The summed E-state index contributed by atoms with van der Waals surface area (Å²) in [5.41, 5.74) is 4.17. The van der Waals surface area contributed by atoms with Crippen molar-refractivity contribution >= 4 is 34.8 Å². The van der Waals surface area contributed by atoms with Gasteiger partial charge in [-0.3, -0.25) is 4.79 Å². The molecule has 0 bridgehead atoms. The quantitative estimate of drug-likeness (QED) is 0.711. The first-order valence-corrected chi connectivity index (χ1v) is 8.13. The lowest BCUT2D eigenvalue weighted by Gasteiger charge is -2.11. The zero-order valence-corrected chi connectivity index (χ0v) is 14.6. The molecule has 25 heavy (non-hydrogen) atoms. The second kappa shape index (κ2) is 7.32. The molecule has 0 fully saturated rings. The Bertz CT molecular complexity index is 889. The van der Waals surface area contributed by atoms with Crippen molar-refractivity contribution in [1.82, 2.24) is 9.97 Å². The van der Waals surface area contributed by atoms with Crippen LogP contribution in [-0.4, -0.2) is 15.9 Å². The van der Waals surface area contributed by atoms with Gasteiger partial charge < -0.3 is 10.6 Å². The maximum atomic E-state index is 12.2. The summed E-state index contributed by atoms with van der Waals surface area (Å²) in [7, 11) is 0. The summed E-state index contributed by atoms with van der Waals surface area (Å²) in [6, 6.07) is 13.0. The van der Waals surface area contributed by atoms with Crippen LogP contribution >= 0.6 is 11.6 Å². The average Bonchev–Trinajstić information content (AvgIpc) is 2.59. The number of nitrogens with one attached hydrogen (secondary N) is 2. The largest absolute Gasteiger partial charge is 0.324 e. The molecule has 3 rings (SSSR count). The lowest BCUT2D eigenvalue weighted by molar-refractivity contribution is 0.102. The Morgan fingerprint density at radius 1 is 1.00 bits per heavy atom. The molecule has 2 N–H and O–H groups in total. The first-order chi connectivity index (χ1) is 12.0. The van der Waals surface area contributed by atoms with Gasteiger partial charge in [-0.1, -0.05) is 35.9 Å². The molecular weight excluding hydrogens is 336 g/mol. The Morgan fingerprint density at radius 2 is 1.64 bits per heavy atom. The van der Waals surface area contributed by atoms with Crippen molar-refractivity contribution in [3.8, 4) is 0 Å². The molecule has 0 unspecified atom stereocenters. The van der Waals surface area contributed by atoms with Crippen LogP contribution in [-0.2, 0) is 0 Å². The molecule has 0 aliphatic rings. The molecule has 1 heterocycles. The van der Waals surface area contributed by atoms with E-state index in [2.05, 4.69) is 20.6 Å². The van der Waals surface area contributed by atoms with E-state index in [9.17, 15) is 4.79 Å². The molecule has 6 heteroatoms. The number of benzene rings is 2. The fourth-order valence-corrected chi connectivity index (χ4v) is 2.59. The van der Waals surface area contributed by atoms with Gasteiger partial charge in [0.15, 0.2) is 0 Å². The smallest absolute Gasteiger partial charge is 0.258 e. The number of nitrogens with zero attached hydrogens (tertiary/aromatic N) is 2. The molecule has 1 amide bonds. The number of hydrogen-bond acceptors (Lipinski definition) is 4. The molecule has 3 aromatic rings. The van der Waals surface area contributed by atoms with E-state index in [-0.39, 0.29) is 5.91 Å². The molecule has 1 aromatic heterocycles. The number of rotatable bonds is 4. The Balaban J connectivity index is 1.72. The van der Waals surface area contributed by atoms with Crippen LogP contribution in [0.5, 0.6) is 0 Å². The van der Waals surface area contributed by atoms with Crippen molar-refractivity contribution in [2.75, 3.05) is 10.6 Å². The lowest BCUT2D eigenvalue weighted by Crippen LogP contribution is -2.13. The summed E-state index contributed by atoms with van der Waals surface area (Å²) in [5.74, 6) is 0.151. The van der Waals surface area contributed by atoms with E-state index in [0.29, 0.717) is 22.2 Å². The van der Waals surface area contributed by atoms with Crippen LogP contribution in [0.1, 0.15) is 21.5 Å². The first kappa shape index (κ1) is 16.9. The number of halogens is 1. The van der Waals surface area contributed by atoms with Crippen molar-refractivity contribution in [2.24, 2.45) is 0 Å². The van der Waals surface area contributed by atoms with Crippen LogP contribution in [0.2, 0.25) is 5.02 Å². The van der Waals surface area contributed by atoms with Crippen molar-refractivity contribution in [3.05, 3.63) is 76.6 Å². The van der Waals surface area contributed by atoms with Crippen LogP contribution in [0.3, 0.4) is 0 Å².